The number of aromatic nitrogens is 1. The van der Waals surface area contributed by atoms with E-state index in [0.717, 1.165) is 34.1 Å². The summed E-state index contributed by atoms with van der Waals surface area (Å²) < 4.78 is 2.31. The number of benzene rings is 4. The number of aryl methyl sites for hydroxylation is 1. The van der Waals surface area contributed by atoms with Crippen LogP contribution in [0.15, 0.2) is 91.0 Å². The van der Waals surface area contributed by atoms with Crippen LogP contribution >= 0.6 is 0 Å². The highest BCUT2D eigenvalue weighted by Crippen LogP contribution is 2.29. The number of nitrogens with one attached hydrogen (secondary N) is 1. The van der Waals surface area contributed by atoms with Gasteiger partial charge in [0, 0.05) is 28.7 Å². The van der Waals surface area contributed by atoms with Gasteiger partial charge in [0.25, 0.3) is 5.91 Å². The van der Waals surface area contributed by atoms with Crippen molar-refractivity contribution in [3.8, 4) is 17.2 Å². The monoisotopic (exact) mass is 525 g/mol. The third-order valence-electron chi connectivity index (χ3n) is 8.01. The molecule has 0 radical (unpaired) electrons. The fourth-order valence-electron chi connectivity index (χ4n) is 5.33. The number of amides is 1. The lowest BCUT2D eigenvalue weighted by atomic mass is 9.99. The molecule has 200 valence electrons. The Kier molecular flexibility index (Phi) is 7.58. The van der Waals surface area contributed by atoms with Gasteiger partial charge in [-0.1, -0.05) is 80.6 Å². The molecule has 0 aliphatic rings. The fraction of sp³-hybridized carbons (Fsp3) is 0.222. The van der Waals surface area contributed by atoms with E-state index in [0.29, 0.717) is 17.0 Å². The second kappa shape index (κ2) is 11.2. The second-order valence-electron chi connectivity index (χ2n) is 10.9. The summed E-state index contributed by atoms with van der Waals surface area (Å²) in [6.07, 6.45) is 0. The molecule has 0 saturated heterocycles. The van der Waals surface area contributed by atoms with Crippen molar-refractivity contribution in [1.82, 2.24) is 9.88 Å². The molecule has 0 aliphatic carbocycles. The average molecular weight is 526 g/mol. The predicted octanol–water partition coefficient (Wildman–Crippen LogP) is 8.46. The van der Waals surface area contributed by atoms with E-state index in [1.807, 2.05) is 43.3 Å². The summed E-state index contributed by atoms with van der Waals surface area (Å²) in [6.45, 7) is 11.4. The summed E-state index contributed by atoms with van der Waals surface area (Å²) in [5.74, 6) is 0.413. The number of carbonyl (C=O) groups is 1. The van der Waals surface area contributed by atoms with Crippen LogP contribution < -0.4 is 5.32 Å². The van der Waals surface area contributed by atoms with Gasteiger partial charge >= 0.3 is 0 Å². The van der Waals surface area contributed by atoms with E-state index in [4.69, 9.17) is 0 Å². The Morgan fingerprint density at radius 2 is 1.55 bits per heavy atom. The molecule has 0 fully saturated rings. The molecule has 4 nitrogen and oxygen atoms in total. The summed E-state index contributed by atoms with van der Waals surface area (Å²) in [6, 6.07) is 32.8. The Bertz CT molecular complexity index is 1720. The quantitative estimate of drug-likeness (QED) is 0.232. The van der Waals surface area contributed by atoms with Gasteiger partial charge in [0.05, 0.1) is 17.7 Å². The van der Waals surface area contributed by atoms with Crippen molar-refractivity contribution in [2.45, 2.75) is 53.1 Å². The third-order valence-corrected chi connectivity index (χ3v) is 8.01. The minimum absolute atomic E-state index is 0.0691. The van der Waals surface area contributed by atoms with Gasteiger partial charge in [0.2, 0.25) is 0 Å². The first-order chi connectivity index (χ1) is 19.3. The molecule has 4 aromatic carbocycles. The molecular weight excluding hydrogens is 490 g/mol. The van der Waals surface area contributed by atoms with Crippen LogP contribution in [0, 0.1) is 25.2 Å². The Hall–Kier alpha value is -4.62. The normalized spacial score (nSPS) is 11.9. The number of nitriles is 1. The van der Waals surface area contributed by atoms with E-state index in [1.54, 1.807) is 0 Å². The number of rotatable bonds is 7. The lowest BCUT2D eigenvalue weighted by Crippen LogP contribution is -2.26. The predicted molar refractivity (Wildman–Crippen MR) is 164 cm³/mol. The summed E-state index contributed by atoms with van der Waals surface area (Å²) in [4.78, 5) is 13.2. The molecule has 5 rings (SSSR count). The van der Waals surface area contributed by atoms with E-state index >= 15 is 0 Å². The lowest BCUT2D eigenvalue weighted by molar-refractivity contribution is 0.0940. The van der Waals surface area contributed by atoms with Gasteiger partial charge < -0.3 is 9.88 Å². The number of hydrogen-bond donors (Lipinski definition) is 1. The first-order valence-electron chi connectivity index (χ1n) is 13.9. The molecule has 4 heteroatoms. The van der Waals surface area contributed by atoms with Crippen LogP contribution in [-0.4, -0.2) is 10.5 Å². The van der Waals surface area contributed by atoms with Crippen LogP contribution in [-0.2, 0) is 6.54 Å². The molecular formula is C36H35N3O. The van der Waals surface area contributed by atoms with E-state index < -0.39 is 0 Å². The van der Waals surface area contributed by atoms with E-state index in [1.165, 1.54) is 22.4 Å². The van der Waals surface area contributed by atoms with Crippen molar-refractivity contribution in [1.29, 1.82) is 5.26 Å². The largest absolute Gasteiger partial charge is 0.346 e. The number of hydrogen-bond acceptors (Lipinski definition) is 2. The zero-order valence-corrected chi connectivity index (χ0v) is 23.8. The molecule has 0 unspecified atom stereocenters. The Morgan fingerprint density at radius 1 is 0.875 bits per heavy atom. The van der Waals surface area contributed by atoms with Crippen LogP contribution in [0.1, 0.15) is 76.6 Å². The van der Waals surface area contributed by atoms with Gasteiger partial charge in [-0.3, -0.25) is 4.79 Å². The zero-order chi connectivity index (χ0) is 28.4. The van der Waals surface area contributed by atoms with Gasteiger partial charge in [-0.15, -0.1) is 0 Å². The van der Waals surface area contributed by atoms with Crippen molar-refractivity contribution in [2.24, 2.45) is 0 Å². The van der Waals surface area contributed by atoms with Crippen LogP contribution in [0.5, 0.6) is 0 Å². The molecule has 5 aromatic rings. The molecule has 1 heterocycles. The first kappa shape index (κ1) is 27.0. The molecule has 0 saturated carbocycles. The highest BCUT2D eigenvalue weighted by Gasteiger charge is 2.16. The number of fused-ring (bicyclic) bond motifs is 1. The highest BCUT2D eigenvalue weighted by atomic mass is 16.1. The van der Waals surface area contributed by atoms with Crippen molar-refractivity contribution >= 4 is 16.8 Å². The fourth-order valence-corrected chi connectivity index (χ4v) is 5.33. The summed E-state index contributed by atoms with van der Waals surface area (Å²) in [5, 5.41) is 13.7. The SMILES string of the molecule is Cc1c(C)n(Cc2ccc(-c3ccccc3C#N)cc2)c2ccc(C(=O)N[C@@H](C)c3ccc(C(C)C)cc3)cc12. The molecule has 1 amide bonds. The van der Waals surface area contributed by atoms with Gasteiger partial charge in [-0.2, -0.15) is 5.26 Å². The maximum absolute atomic E-state index is 13.2. The lowest BCUT2D eigenvalue weighted by Gasteiger charge is -2.16. The standard InChI is InChI=1S/C36H35N3O/c1-23(2)28-14-16-29(17-15-28)25(4)38-36(40)31-18-19-35-34(20-31)24(3)26(5)39(35)22-27-10-12-30(13-11-27)33-9-7-6-8-32(33)21-37/h6-20,23,25H,22H2,1-5H3,(H,38,40)/t25-/m0/s1. The van der Waals surface area contributed by atoms with Crippen molar-refractivity contribution in [3.63, 3.8) is 0 Å². The maximum atomic E-state index is 13.2. The molecule has 40 heavy (non-hydrogen) atoms. The second-order valence-corrected chi connectivity index (χ2v) is 10.9. The van der Waals surface area contributed by atoms with Crippen LogP contribution in [0.2, 0.25) is 0 Å². The summed E-state index contributed by atoms with van der Waals surface area (Å²) in [5.41, 5.74) is 10.4. The minimum Gasteiger partial charge on any atom is -0.346 e. The Morgan fingerprint density at radius 3 is 2.23 bits per heavy atom. The topological polar surface area (TPSA) is 57.8 Å². The Labute approximate surface area is 236 Å². The maximum Gasteiger partial charge on any atom is 0.251 e. The molecule has 1 N–H and O–H groups in total. The van der Waals surface area contributed by atoms with Gasteiger partial charge in [0.15, 0.2) is 0 Å². The molecule has 0 spiro atoms. The average Bonchev–Trinajstić information content (AvgIpc) is 3.21. The summed E-state index contributed by atoms with van der Waals surface area (Å²) >= 11 is 0. The number of carbonyl (C=O) groups excluding carboxylic acids is 1. The van der Waals surface area contributed by atoms with E-state index in [-0.39, 0.29) is 11.9 Å². The highest BCUT2D eigenvalue weighted by molar-refractivity contribution is 5.99. The van der Waals surface area contributed by atoms with Crippen molar-refractivity contribution in [2.75, 3.05) is 0 Å². The van der Waals surface area contributed by atoms with E-state index in [9.17, 15) is 10.1 Å². The summed E-state index contributed by atoms with van der Waals surface area (Å²) in [7, 11) is 0. The van der Waals surface area contributed by atoms with E-state index in [2.05, 4.69) is 98.2 Å². The number of nitrogens with zero attached hydrogens (tertiary/aromatic N) is 2. The minimum atomic E-state index is -0.0834. The van der Waals surface area contributed by atoms with Crippen LogP contribution in [0.3, 0.4) is 0 Å². The van der Waals surface area contributed by atoms with Crippen LogP contribution in [0.4, 0.5) is 0 Å². The zero-order valence-electron chi connectivity index (χ0n) is 23.8. The molecule has 1 atom stereocenters. The molecule has 1 aromatic heterocycles. The van der Waals surface area contributed by atoms with Gasteiger partial charge in [-0.25, -0.2) is 0 Å². The van der Waals surface area contributed by atoms with Gasteiger partial charge in [-0.05, 0) is 84.3 Å². The smallest absolute Gasteiger partial charge is 0.251 e. The first-order valence-corrected chi connectivity index (χ1v) is 13.9. The van der Waals surface area contributed by atoms with Gasteiger partial charge in [0.1, 0.15) is 0 Å². The van der Waals surface area contributed by atoms with Crippen molar-refractivity contribution < 1.29 is 4.79 Å². The van der Waals surface area contributed by atoms with Crippen molar-refractivity contribution in [3.05, 3.63) is 130 Å². The van der Waals surface area contributed by atoms with Crippen LogP contribution in [0.25, 0.3) is 22.0 Å². The third kappa shape index (κ3) is 5.28. The molecule has 0 aliphatic heterocycles. The Balaban J connectivity index is 1.35. The molecule has 0 bridgehead atoms.